The van der Waals surface area contributed by atoms with Gasteiger partial charge < -0.3 is 14.8 Å². The molecule has 0 aromatic heterocycles. The van der Waals surface area contributed by atoms with Crippen LogP contribution in [0.5, 0.6) is 0 Å². The van der Waals surface area contributed by atoms with Gasteiger partial charge >= 0.3 is 5.97 Å². The summed E-state index contributed by atoms with van der Waals surface area (Å²) in [6, 6.07) is 10.6. The fourth-order valence-corrected chi connectivity index (χ4v) is 6.63. The number of fused-ring (bicyclic) bond motifs is 2. The van der Waals surface area contributed by atoms with Gasteiger partial charge in [-0.2, -0.15) is 0 Å². The molecule has 0 bridgehead atoms. The molecule has 4 fully saturated rings. The minimum Gasteiger partial charge on any atom is -0.462 e. The molecule has 1 N–H and O–H groups in total. The average Bonchev–Trinajstić information content (AvgIpc) is 3.34. The zero-order chi connectivity index (χ0) is 18.8. The number of benzene rings is 1. The Bertz CT molecular complexity index is 736. The van der Waals surface area contributed by atoms with Crippen molar-refractivity contribution in [1.82, 2.24) is 5.32 Å². The molecule has 27 heavy (non-hydrogen) atoms. The van der Waals surface area contributed by atoms with Crippen LogP contribution in [0.4, 0.5) is 0 Å². The predicted molar refractivity (Wildman–Crippen MR) is 103 cm³/mol. The van der Waals surface area contributed by atoms with Gasteiger partial charge in [-0.05, 0) is 37.7 Å². The molecule has 146 valence electrons. The molecular formula is C23H31NO3. The van der Waals surface area contributed by atoms with Crippen LogP contribution in [0, 0.1) is 23.2 Å². The number of esters is 1. The first-order valence-electron chi connectivity index (χ1n) is 10.6. The lowest BCUT2D eigenvalue weighted by molar-refractivity contribution is -0.146. The van der Waals surface area contributed by atoms with Crippen molar-refractivity contribution >= 4 is 5.97 Å². The first-order chi connectivity index (χ1) is 13.0. The third-order valence-corrected chi connectivity index (χ3v) is 8.14. The van der Waals surface area contributed by atoms with Crippen molar-refractivity contribution in [1.29, 1.82) is 0 Å². The van der Waals surface area contributed by atoms with E-state index in [1.807, 2.05) is 6.07 Å². The fourth-order valence-electron chi connectivity index (χ4n) is 6.63. The number of rotatable bonds is 4. The minimum atomic E-state index is -0.0933. The summed E-state index contributed by atoms with van der Waals surface area (Å²) < 4.78 is 12.4. The quantitative estimate of drug-likeness (QED) is 0.647. The summed E-state index contributed by atoms with van der Waals surface area (Å²) in [5.41, 5.74) is 1.40. The summed E-state index contributed by atoms with van der Waals surface area (Å²) in [7, 11) is 0. The maximum absolute atomic E-state index is 12.7. The lowest BCUT2D eigenvalue weighted by atomic mass is 9.53. The number of nitrogens with one attached hydrogen (secondary N) is 1. The Hall–Kier alpha value is -1.39. The summed E-state index contributed by atoms with van der Waals surface area (Å²) in [5, 5.41) is 3.58. The van der Waals surface area contributed by atoms with E-state index in [-0.39, 0.29) is 47.1 Å². The van der Waals surface area contributed by atoms with E-state index in [2.05, 4.69) is 50.4 Å². The molecule has 2 heterocycles. The highest BCUT2D eigenvalue weighted by Crippen LogP contribution is 2.70. The molecule has 8 atom stereocenters. The van der Waals surface area contributed by atoms with E-state index in [1.165, 1.54) is 24.8 Å². The van der Waals surface area contributed by atoms with E-state index < -0.39 is 0 Å². The second kappa shape index (κ2) is 6.05. The molecule has 0 unspecified atom stereocenters. The van der Waals surface area contributed by atoms with E-state index in [0.29, 0.717) is 12.5 Å². The summed E-state index contributed by atoms with van der Waals surface area (Å²) >= 11 is 0. The van der Waals surface area contributed by atoms with Crippen LogP contribution in [0.2, 0.25) is 0 Å². The molecule has 2 saturated heterocycles. The third kappa shape index (κ3) is 2.45. The van der Waals surface area contributed by atoms with E-state index in [4.69, 9.17) is 9.47 Å². The van der Waals surface area contributed by atoms with Crippen molar-refractivity contribution in [3.8, 4) is 0 Å². The molecule has 1 aromatic rings. The molecule has 2 aliphatic carbocycles. The molecule has 1 aromatic carbocycles. The summed E-state index contributed by atoms with van der Waals surface area (Å²) in [6.07, 6.45) is 4.90. The van der Waals surface area contributed by atoms with Crippen LogP contribution in [0.15, 0.2) is 30.3 Å². The van der Waals surface area contributed by atoms with E-state index in [9.17, 15) is 4.79 Å². The van der Waals surface area contributed by atoms with Gasteiger partial charge in [-0.3, -0.25) is 4.79 Å². The Kier molecular flexibility index (Phi) is 3.97. The number of carbonyl (C=O) groups excluding carboxylic acids is 1. The molecule has 0 radical (unpaired) electrons. The highest BCUT2D eigenvalue weighted by molar-refractivity contribution is 5.76. The van der Waals surface area contributed by atoms with Crippen LogP contribution in [-0.4, -0.2) is 30.3 Å². The molecule has 0 amide bonds. The van der Waals surface area contributed by atoms with Crippen molar-refractivity contribution in [3.05, 3.63) is 35.9 Å². The normalized spacial score (nSPS) is 46.0. The van der Waals surface area contributed by atoms with Crippen LogP contribution in [-0.2, 0) is 14.3 Å². The first-order valence-corrected chi connectivity index (χ1v) is 10.6. The van der Waals surface area contributed by atoms with Crippen molar-refractivity contribution in [2.75, 3.05) is 6.54 Å². The predicted octanol–water partition coefficient (Wildman–Crippen LogP) is 3.86. The minimum absolute atomic E-state index is 0.0102. The van der Waals surface area contributed by atoms with E-state index in [0.717, 1.165) is 6.42 Å². The number of carbonyl (C=O) groups is 1. The molecule has 2 aliphatic heterocycles. The number of epoxide rings is 1. The number of hydrogen-bond acceptors (Lipinski definition) is 4. The smallest absolute Gasteiger partial charge is 0.311 e. The van der Waals surface area contributed by atoms with Crippen molar-refractivity contribution in [2.24, 2.45) is 23.2 Å². The van der Waals surface area contributed by atoms with Gasteiger partial charge in [-0.15, -0.1) is 0 Å². The van der Waals surface area contributed by atoms with Crippen molar-refractivity contribution in [3.63, 3.8) is 0 Å². The highest BCUT2D eigenvalue weighted by Gasteiger charge is 2.78. The number of ether oxygens (including phenoxy) is 2. The largest absolute Gasteiger partial charge is 0.462 e. The number of hydrogen-bond donors (Lipinski definition) is 1. The van der Waals surface area contributed by atoms with Gasteiger partial charge in [0, 0.05) is 23.9 Å². The topological polar surface area (TPSA) is 50.9 Å². The summed E-state index contributed by atoms with van der Waals surface area (Å²) in [4.78, 5) is 12.7. The average molecular weight is 370 g/mol. The summed E-state index contributed by atoms with van der Waals surface area (Å²) in [5.74, 6) is 0.666. The Morgan fingerprint density at radius 1 is 1.30 bits per heavy atom. The lowest BCUT2D eigenvalue weighted by Crippen LogP contribution is -2.54. The highest BCUT2D eigenvalue weighted by atomic mass is 16.6. The molecular weight excluding hydrogens is 338 g/mol. The van der Waals surface area contributed by atoms with Crippen molar-refractivity contribution < 1.29 is 14.3 Å². The van der Waals surface area contributed by atoms with Crippen LogP contribution < -0.4 is 5.32 Å². The van der Waals surface area contributed by atoms with Crippen LogP contribution >= 0.6 is 0 Å². The molecule has 2 saturated carbocycles. The van der Waals surface area contributed by atoms with Gasteiger partial charge in [0.1, 0.15) is 11.7 Å². The maximum Gasteiger partial charge on any atom is 0.311 e. The molecule has 4 heteroatoms. The summed E-state index contributed by atoms with van der Waals surface area (Å²) in [6.45, 7) is 7.54. The molecule has 4 nitrogen and oxygen atoms in total. The lowest BCUT2D eigenvalue weighted by Gasteiger charge is -2.48. The molecule has 5 rings (SSSR count). The standard InChI is InChI=1S/C23H31NO3/c1-14-8-7-11-22(3)12-18-19(20-23(14,22)27-20)17(21(25)26-18)13-24-15(2)16-9-5-4-6-10-16/h4-6,9-10,14-15,17-20,24H,7-8,11-13H2,1-3H3/t14-,15-,17-,18+,19+,20+,22+,23-/m0/s1. The zero-order valence-corrected chi connectivity index (χ0v) is 16.6. The fraction of sp³-hybridized carbons (Fsp3) is 0.696. The van der Waals surface area contributed by atoms with Gasteiger partial charge in [-0.25, -0.2) is 0 Å². The Balaban J connectivity index is 1.34. The zero-order valence-electron chi connectivity index (χ0n) is 16.6. The maximum atomic E-state index is 12.7. The van der Waals surface area contributed by atoms with Gasteiger partial charge in [0.05, 0.1) is 12.0 Å². The molecule has 1 spiro atoms. The Morgan fingerprint density at radius 2 is 2.07 bits per heavy atom. The Morgan fingerprint density at radius 3 is 2.85 bits per heavy atom. The van der Waals surface area contributed by atoms with Crippen molar-refractivity contribution in [2.45, 2.75) is 70.3 Å². The van der Waals surface area contributed by atoms with E-state index in [1.54, 1.807) is 0 Å². The monoisotopic (exact) mass is 369 g/mol. The van der Waals surface area contributed by atoms with E-state index >= 15 is 0 Å². The van der Waals surface area contributed by atoms with Gasteiger partial charge in [-0.1, -0.05) is 50.6 Å². The van der Waals surface area contributed by atoms with Gasteiger partial charge in [0.2, 0.25) is 0 Å². The van der Waals surface area contributed by atoms with Gasteiger partial charge in [0.25, 0.3) is 0 Å². The Labute approximate surface area is 162 Å². The van der Waals surface area contributed by atoms with Gasteiger partial charge in [0.15, 0.2) is 0 Å². The SMILES string of the molecule is C[C@H](NC[C@@H]1C(=O)O[C@@H]2C[C@@]3(C)CCC[C@H](C)[C@@]34O[C@@H]4[C@H]12)c1ccccc1. The van der Waals surface area contributed by atoms with Crippen LogP contribution in [0.1, 0.15) is 58.1 Å². The first kappa shape index (κ1) is 17.7. The van der Waals surface area contributed by atoms with Crippen LogP contribution in [0.25, 0.3) is 0 Å². The molecule has 4 aliphatic rings. The second-order valence-corrected chi connectivity index (χ2v) is 9.59. The second-order valence-electron chi connectivity index (χ2n) is 9.59. The third-order valence-electron chi connectivity index (χ3n) is 8.14. The van der Waals surface area contributed by atoms with Crippen LogP contribution in [0.3, 0.4) is 0 Å².